The smallest absolute Gasteiger partial charge is 0.337 e. The number of halogens is 2. The van der Waals surface area contributed by atoms with Crippen molar-refractivity contribution < 1.29 is 4.42 Å². The highest BCUT2D eigenvalue weighted by Crippen LogP contribution is 2.31. The standard InChI is InChI=1S/C14H10Cl2N2O2/c1-7-6-11(19)20-14-12(7)8(2)17-18(14)10-5-3-4-9(15)13(10)16/h3-6H,1-2H3. The number of rotatable bonds is 1. The van der Waals surface area contributed by atoms with Gasteiger partial charge in [0.1, 0.15) is 0 Å². The van der Waals surface area contributed by atoms with E-state index in [1.54, 1.807) is 18.2 Å². The molecule has 0 aliphatic carbocycles. The van der Waals surface area contributed by atoms with E-state index < -0.39 is 5.63 Å². The van der Waals surface area contributed by atoms with Gasteiger partial charge in [0.25, 0.3) is 0 Å². The van der Waals surface area contributed by atoms with Gasteiger partial charge in [-0.2, -0.15) is 9.78 Å². The van der Waals surface area contributed by atoms with Crippen LogP contribution in [0.1, 0.15) is 11.3 Å². The van der Waals surface area contributed by atoms with Crippen molar-refractivity contribution in [3.63, 3.8) is 0 Å². The molecule has 0 amide bonds. The van der Waals surface area contributed by atoms with Gasteiger partial charge in [-0.25, -0.2) is 4.79 Å². The molecule has 0 radical (unpaired) electrons. The average molecular weight is 309 g/mol. The van der Waals surface area contributed by atoms with Gasteiger partial charge in [0, 0.05) is 6.07 Å². The first-order chi connectivity index (χ1) is 9.49. The Bertz CT molecular complexity index is 881. The minimum atomic E-state index is -0.422. The Balaban J connectivity index is 2.44. The molecule has 0 N–H and O–H groups in total. The first-order valence-corrected chi connectivity index (χ1v) is 6.69. The number of aromatic nitrogens is 2. The van der Waals surface area contributed by atoms with Gasteiger partial charge in [-0.1, -0.05) is 29.3 Å². The number of hydrogen-bond acceptors (Lipinski definition) is 3. The Hall–Kier alpha value is -1.78. The van der Waals surface area contributed by atoms with E-state index in [9.17, 15) is 4.79 Å². The molecule has 0 unspecified atom stereocenters. The van der Waals surface area contributed by atoms with Crippen molar-refractivity contribution in [3.05, 3.63) is 56.0 Å². The van der Waals surface area contributed by atoms with E-state index >= 15 is 0 Å². The van der Waals surface area contributed by atoms with Crippen molar-refractivity contribution in [2.45, 2.75) is 13.8 Å². The molecule has 0 fully saturated rings. The first-order valence-electron chi connectivity index (χ1n) is 5.93. The van der Waals surface area contributed by atoms with Crippen LogP contribution < -0.4 is 5.63 Å². The second kappa shape index (κ2) is 4.65. The lowest BCUT2D eigenvalue weighted by Gasteiger charge is -2.06. The maximum absolute atomic E-state index is 11.6. The number of benzene rings is 1. The zero-order valence-electron chi connectivity index (χ0n) is 10.8. The summed E-state index contributed by atoms with van der Waals surface area (Å²) in [6, 6.07) is 6.66. The van der Waals surface area contributed by atoms with Crippen molar-refractivity contribution in [2.24, 2.45) is 0 Å². The normalized spacial score (nSPS) is 11.2. The van der Waals surface area contributed by atoms with Gasteiger partial charge < -0.3 is 4.42 Å². The highest BCUT2D eigenvalue weighted by molar-refractivity contribution is 6.43. The van der Waals surface area contributed by atoms with Crippen LogP contribution in [-0.2, 0) is 0 Å². The number of aryl methyl sites for hydroxylation is 2. The molecule has 0 aliphatic rings. The van der Waals surface area contributed by atoms with Crippen molar-refractivity contribution in [3.8, 4) is 5.69 Å². The highest BCUT2D eigenvalue weighted by atomic mass is 35.5. The fourth-order valence-corrected chi connectivity index (χ4v) is 2.62. The van der Waals surface area contributed by atoms with Crippen LogP contribution in [0.4, 0.5) is 0 Å². The molecule has 6 heteroatoms. The lowest BCUT2D eigenvalue weighted by Crippen LogP contribution is -2.02. The molecule has 2 aromatic heterocycles. The van der Waals surface area contributed by atoms with Gasteiger partial charge in [0.15, 0.2) is 0 Å². The third kappa shape index (κ3) is 1.92. The third-order valence-corrected chi connectivity index (χ3v) is 3.91. The van der Waals surface area contributed by atoms with E-state index in [-0.39, 0.29) is 0 Å². The third-order valence-electron chi connectivity index (χ3n) is 3.10. The van der Waals surface area contributed by atoms with E-state index in [0.717, 1.165) is 16.6 Å². The van der Waals surface area contributed by atoms with Crippen molar-refractivity contribution in [1.29, 1.82) is 0 Å². The number of fused-ring (bicyclic) bond motifs is 1. The van der Waals surface area contributed by atoms with Crippen LogP contribution >= 0.6 is 23.2 Å². The van der Waals surface area contributed by atoms with Crippen LogP contribution in [0.15, 0.2) is 33.5 Å². The van der Waals surface area contributed by atoms with Crippen LogP contribution in [0.25, 0.3) is 16.8 Å². The molecule has 102 valence electrons. The molecule has 0 atom stereocenters. The molecule has 0 saturated carbocycles. The summed E-state index contributed by atoms with van der Waals surface area (Å²) >= 11 is 12.2. The maximum Gasteiger partial charge on any atom is 0.337 e. The molecule has 0 spiro atoms. The Kier molecular flexibility index (Phi) is 3.07. The first kappa shape index (κ1) is 13.2. The minimum Gasteiger partial charge on any atom is -0.403 e. The van der Waals surface area contributed by atoms with Gasteiger partial charge >= 0.3 is 5.63 Å². The van der Waals surface area contributed by atoms with Gasteiger partial charge in [-0.05, 0) is 31.5 Å². The molecule has 2 heterocycles. The fourth-order valence-electron chi connectivity index (χ4n) is 2.25. The molecular formula is C14H10Cl2N2O2. The quantitative estimate of drug-likeness (QED) is 0.685. The summed E-state index contributed by atoms with van der Waals surface area (Å²) in [7, 11) is 0. The Labute approximate surface area is 124 Å². The largest absolute Gasteiger partial charge is 0.403 e. The molecule has 0 aliphatic heterocycles. The van der Waals surface area contributed by atoms with Crippen molar-refractivity contribution in [2.75, 3.05) is 0 Å². The Morgan fingerprint density at radius 2 is 2.00 bits per heavy atom. The van der Waals surface area contributed by atoms with Crippen LogP contribution in [0.5, 0.6) is 0 Å². The summed E-state index contributed by atoms with van der Waals surface area (Å²) in [5.41, 5.74) is 2.10. The van der Waals surface area contributed by atoms with E-state index in [0.29, 0.717) is 21.4 Å². The summed E-state index contributed by atoms with van der Waals surface area (Å²) in [5.74, 6) is 0. The highest BCUT2D eigenvalue weighted by Gasteiger charge is 2.17. The lowest BCUT2D eigenvalue weighted by atomic mass is 10.2. The van der Waals surface area contributed by atoms with Gasteiger partial charge in [0.2, 0.25) is 5.71 Å². The number of nitrogens with zero attached hydrogens (tertiary/aromatic N) is 2. The maximum atomic E-state index is 11.6. The monoisotopic (exact) mass is 308 g/mol. The van der Waals surface area contributed by atoms with Crippen molar-refractivity contribution >= 4 is 34.3 Å². The summed E-state index contributed by atoms with van der Waals surface area (Å²) in [5, 5.41) is 5.99. The molecule has 4 nitrogen and oxygen atoms in total. The fraction of sp³-hybridized carbons (Fsp3) is 0.143. The molecule has 20 heavy (non-hydrogen) atoms. The van der Waals surface area contributed by atoms with E-state index in [1.807, 2.05) is 13.8 Å². The van der Waals surface area contributed by atoms with Crippen LogP contribution in [0.3, 0.4) is 0 Å². The summed E-state index contributed by atoms with van der Waals surface area (Å²) < 4.78 is 6.79. The number of hydrogen-bond donors (Lipinski definition) is 0. The molecule has 3 aromatic rings. The molecule has 0 saturated heterocycles. The lowest BCUT2D eigenvalue weighted by molar-refractivity contribution is 0.534. The van der Waals surface area contributed by atoms with Crippen LogP contribution in [0.2, 0.25) is 10.0 Å². The summed E-state index contributed by atoms with van der Waals surface area (Å²) in [6.45, 7) is 3.70. The molecular weight excluding hydrogens is 299 g/mol. The van der Waals surface area contributed by atoms with Gasteiger partial charge in [-0.3, -0.25) is 0 Å². The molecule has 3 rings (SSSR count). The van der Waals surface area contributed by atoms with Crippen LogP contribution in [-0.4, -0.2) is 9.78 Å². The Morgan fingerprint density at radius 1 is 1.25 bits per heavy atom. The van der Waals surface area contributed by atoms with Crippen LogP contribution in [0, 0.1) is 13.8 Å². The van der Waals surface area contributed by atoms with E-state index in [1.165, 1.54) is 10.7 Å². The van der Waals surface area contributed by atoms with E-state index in [4.69, 9.17) is 27.6 Å². The van der Waals surface area contributed by atoms with Gasteiger partial charge in [-0.15, -0.1) is 0 Å². The second-order valence-corrected chi connectivity index (χ2v) is 5.28. The van der Waals surface area contributed by atoms with Gasteiger partial charge in [0.05, 0.1) is 26.8 Å². The van der Waals surface area contributed by atoms with E-state index in [2.05, 4.69) is 5.10 Å². The molecule has 0 bridgehead atoms. The predicted octanol–water partition coefficient (Wildman–Crippen LogP) is 3.90. The zero-order chi connectivity index (χ0) is 14.4. The molecule has 1 aromatic carbocycles. The predicted molar refractivity (Wildman–Crippen MR) is 79.1 cm³/mol. The SMILES string of the molecule is Cc1cc(=O)oc2c1c(C)nn2-c1cccc(Cl)c1Cl. The average Bonchev–Trinajstić information content (AvgIpc) is 2.70. The summed E-state index contributed by atoms with van der Waals surface area (Å²) in [4.78, 5) is 11.6. The van der Waals surface area contributed by atoms with Crippen molar-refractivity contribution in [1.82, 2.24) is 9.78 Å². The topological polar surface area (TPSA) is 48.0 Å². The minimum absolute atomic E-state index is 0.364. The second-order valence-electron chi connectivity index (χ2n) is 4.50. The Morgan fingerprint density at radius 3 is 2.75 bits per heavy atom. The summed E-state index contributed by atoms with van der Waals surface area (Å²) in [6.07, 6.45) is 0. The zero-order valence-corrected chi connectivity index (χ0v) is 12.3.